The Morgan fingerprint density at radius 2 is 1.87 bits per heavy atom. The molecule has 0 atom stereocenters. The second-order valence-electron chi connectivity index (χ2n) is 4.91. The van der Waals surface area contributed by atoms with Crippen molar-refractivity contribution in [2.24, 2.45) is 0 Å². The predicted octanol–water partition coefficient (Wildman–Crippen LogP) is 2.27. The summed E-state index contributed by atoms with van der Waals surface area (Å²) in [5, 5.41) is 15.8. The number of anilines is 1. The SMILES string of the molecule is Cc1cccc(NC(=O)CNC(=O)c2cccc([N+](=O)[O-])c2)c1. The van der Waals surface area contributed by atoms with Gasteiger partial charge in [0.2, 0.25) is 5.91 Å². The van der Waals surface area contributed by atoms with Crippen molar-refractivity contribution in [1.82, 2.24) is 5.32 Å². The topological polar surface area (TPSA) is 101 Å². The first-order valence-corrected chi connectivity index (χ1v) is 6.85. The number of non-ortho nitro benzene ring substituents is 1. The number of hydrogen-bond donors (Lipinski definition) is 2. The maximum absolute atomic E-state index is 11.9. The van der Waals surface area contributed by atoms with E-state index in [1.807, 2.05) is 19.1 Å². The first-order chi connectivity index (χ1) is 11.0. The maximum atomic E-state index is 11.9. The lowest BCUT2D eigenvalue weighted by Crippen LogP contribution is -2.32. The van der Waals surface area contributed by atoms with Gasteiger partial charge in [0.15, 0.2) is 0 Å². The number of hydrogen-bond acceptors (Lipinski definition) is 4. The van der Waals surface area contributed by atoms with Gasteiger partial charge < -0.3 is 10.6 Å². The Hall–Kier alpha value is -3.22. The van der Waals surface area contributed by atoms with Gasteiger partial charge >= 0.3 is 0 Å². The zero-order chi connectivity index (χ0) is 16.8. The van der Waals surface area contributed by atoms with E-state index < -0.39 is 10.8 Å². The highest BCUT2D eigenvalue weighted by Gasteiger charge is 2.12. The largest absolute Gasteiger partial charge is 0.343 e. The van der Waals surface area contributed by atoms with E-state index in [0.29, 0.717) is 5.69 Å². The highest BCUT2D eigenvalue weighted by atomic mass is 16.6. The molecule has 118 valence electrons. The molecular formula is C16H15N3O4. The minimum Gasteiger partial charge on any atom is -0.343 e. The van der Waals surface area contributed by atoms with Crippen molar-refractivity contribution >= 4 is 23.2 Å². The van der Waals surface area contributed by atoms with E-state index in [2.05, 4.69) is 10.6 Å². The van der Waals surface area contributed by atoms with E-state index >= 15 is 0 Å². The molecule has 2 N–H and O–H groups in total. The molecule has 23 heavy (non-hydrogen) atoms. The molecule has 0 saturated carbocycles. The Labute approximate surface area is 132 Å². The first-order valence-electron chi connectivity index (χ1n) is 6.85. The zero-order valence-corrected chi connectivity index (χ0v) is 12.4. The highest BCUT2D eigenvalue weighted by molar-refractivity contribution is 5.99. The molecule has 0 aliphatic rings. The van der Waals surface area contributed by atoms with Crippen LogP contribution in [0.5, 0.6) is 0 Å². The van der Waals surface area contributed by atoms with Gasteiger partial charge in [-0.15, -0.1) is 0 Å². The summed E-state index contributed by atoms with van der Waals surface area (Å²) in [6.07, 6.45) is 0. The van der Waals surface area contributed by atoms with Crippen molar-refractivity contribution in [1.29, 1.82) is 0 Å². The molecule has 0 unspecified atom stereocenters. The summed E-state index contributed by atoms with van der Waals surface area (Å²) in [5.74, 6) is -0.928. The molecule has 2 aromatic rings. The van der Waals surface area contributed by atoms with Crippen LogP contribution in [0.1, 0.15) is 15.9 Å². The second kappa shape index (κ2) is 7.17. The normalized spacial score (nSPS) is 9.96. The lowest BCUT2D eigenvalue weighted by atomic mass is 10.2. The average molecular weight is 313 g/mol. The number of rotatable bonds is 5. The van der Waals surface area contributed by atoms with Crippen LogP contribution in [0.2, 0.25) is 0 Å². The van der Waals surface area contributed by atoms with Crippen molar-refractivity contribution in [3.63, 3.8) is 0 Å². The van der Waals surface area contributed by atoms with Gasteiger partial charge in [-0.3, -0.25) is 19.7 Å². The fraction of sp³-hybridized carbons (Fsp3) is 0.125. The van der Waals surface area contributed by atoms with Crippen molar-refractivity contribution in [3.8, 4) is 0 Å². The molecular weight excluding hydrogens is 298 g/mol. The predicted molar refractivity (Wildman–Crippen MR) is 85.2 cm³/mol. The summed E-state index contributed by atoms with van der Waals surface area (Å²) >= 11 is 0. The van der Waals surface area contributed by atoms with Crippen molar-refractivity contribution in [3.05, 3.63) is 69.8 Å². The Balaban J connectivity index is 1.92. The molecule has 0 aliphatic carbocycles. The smallest absolute Gasteiger partial charge is 0.270 e. The quantitative estimate of drug-likeness (QED) is 0.653. The minimum absolute atomic E-state index is 0.127. The molecule has 7 nitrogen and oxygen atoms in total. The van der Waals surface area contributed by atoms with Gasteiger partial charge in [0, 0.05) is 23.4 Å². The van der Waals surface area contributed by atoms with Gasteiger partial charge in [0.25, 0.3) is 11.6 Å². The number of carbonyl (C=O) groups excluding carboxylic acids is 2. The molecule has 0 heterocycles. The lowest BCUT2D eigenvalue weighted by Gasteiger charge is -2.07. The molecule has 7 heteroatoms. The molecule has 2 amide bonds. The zero-order valence-electron chi connectivity index (χ0n) is 12.4. The first kappa shape index (κ1) is 16.2. The third kappa shape index (κ3) is 4.63. The minimum atomic E-state index is -0.582. The Bertz CT molecular complexity index is 758. The van der Waals surface area contributed by atoms with E-state index in [4.69, 9.17) is 0 Å². The van der Waals surface area contributed by atoms with Gasteiger partial charge in [0.1, 0.15) is 0 Å². The third-order valence-corrected chi connectivity index (χ3v) is 3.03. The number of nitrogens with one attached hydrogen (secondary N) is 2. The van der Waals surface area contributed by atoms with Crippen molar-refractivity contribution in [2.45, 2.75) is 6.92 Å². The summed E-state index contributed by atoms with van der Waals surface area (Å²) < 4.78 is 0. The van der Waals surface area contributed by atoms with E-state index in [1.54, 1.807) is 12.1 Å². The highest BCUT2D eigenvalue weighted by Crippen LogP contribution is 2.13. The molecule has 2 rings (SSSR count). The van der Waals surface area contributed by atoms with E-state index in [0.717, 1.165) is 11.6 Å². The molecule has 0 spiro atoms. The molecule has 0 radical (unpaired) electrons. The number of amides is 2. The number of nitro groups is 1. The van der Waals surface area contributed by atoms with Crippen molar-refractivity contribution in [2.75, 3.05) is 11.9 Å². The number of aryl methyl sites for hydroxylation is 1. The molecule has 0 aromatic heterocycles. The van der Waals surface area contributed by atoms with Crippen LogP contribution in [0.25, 0.3) is 0 Å². The van der Waals surface area contributed by atoms with Gasteiger partial charge in [-0.2, -0.15) is 0 Å². The van der Waals surface area contributed by atoms with Crippen LogP contribution in [0.3, 0.4) is 0 Å². The molecule has 2 aromatic carbocycles. The maximum Gasteiger partial charge on any atom is 0.270 e. The number of benzene rings is 2. The van der Waals surface area contributed by atoms with Crippen LogP contribution in [0.4, 0.5) is 11.4 Å². The van der Waals surface area contributed by atoms with Gasteiger partial charge in [-0.1, -0.05) is 18.2 Å². The van der Waals surface area contributed by atoms with Crippen LogP contribution in [0, 0.1) is 17.0 Å². The van der Waals surface area contributed by atoms with Crippen LogP contribution in [0.15, 0.2) is 48.5 Å². The molecule has 0 aliphatic heterocycles. The van der Waals surface area contributed by atoms with Crippen LogP contribution in [-0.4, -0.2) is 23.3 Å². The Morgan fingerprint density at radius 3 is 2.57 bits per heavy atom. The standard InChI is InChI=1S/C16H15N3O4/c1-11-4-2-6-13(8-11)18-15(20)10-17-16(21)12-5-3-7-14(9-12)19(22)23/h2-9H,10H2,1H3,(H,17,21)(H,18,20). The van der Waals surface area contributed by atoms with Gasteiger partial charge in [0.05, 0.1) is 11.5 Å². The Kier molecular flexibility index (Phi) is 5.03. The number of nitrogens with zero attached hydrogens (tertiary/aromatic N) is 1. The third-order valence-electron chi connectivity index (χ3n) is 3.03. The van der Waals surface area contributed by atoms with Crippen LogP contribution in [-0.2, 0) is 4.79 Å². The summed E-state index contributed by atoms with van der Waals surface area (Å²) in [5.41, 5.74) is 1.59. The summed E-state index contributed by atoms with van der Waals surface area (Å²) in [4.78, 5) is 33.8. The number of carbonyl (C=O) groups is 2. The lowest BCUT2D eigenvalue weighted by molar-refractivity contribution is -0.384. The van der Waals surface area contributed by atoms with Gasteiger partial charge in [-0.05, 0) is 30.7 Å². The van der Waals surface area contributed by atoms with Crippen molar-refractivity contribution < 1.29 is 14.5 Å². The van der Waals surface area contributed by atoms with E-state index in [-0.39, 0.29) is 23.7 Å². The number of nitro benzene ring substituents is 1. The summed E-state index contributed by atoms with van der Waals surface area (Å²) in [7, 11) is 0. The summed E-state index contributed by atoms with van der Waals surface area (Å²) in [6, 6.07) is 12.6. The average Bonchev–Trinajstić information content (AvgIpc) is 2.52. The molecule has 0 saturated heterocycles. The molecule has 0 fully saturated rings. The van der Waals surface area contributed by atoms with E-state index in [9.17, 15) is 19.7 Å². The van der Waals surface area contributed by atoms with Crippen LogP contribution >= 0.6 is 0 Å². The Morgan fingerprint density at radius 1 is 1.13 bits per heavy atom. The summed E-state index contributed by atoms with van der Waals surface area (Å²) in [6.45, 7) is 1.68. The van der Waals surface area contributed by atoms with Crippen LogP contribution < -0.4 is 10.6 Å². The fourth-order valence-electron chi connectivity index (χ4n) is 1.95. The fourth-order valence-corrected chi connectivity index (χ4v) is 1.95. The monoisotopic (exact) mass is 313 g/mol. The second-order valence-corrected chi connectivity index (χ2v) is 4.91. The molecule has 0 bridgehead atoms. The van der Waals surface area contributed by atoms with E-state index in [1.165, 1.54) is 18.2 Å². The van der Waals surface area contributed by atoms with Gasteiger partial charge in [-0.25, -0.2) is 0 Å².